The van der Waals surface area contributed by atoms with Crippen molar-refractivity contribution in [2.45, 2.75) is 6.42 Å². The molecule has 0 saturated heterocycles. The van der Waals surface area contributed by atoms with Crippen molar-refractivity contribution in [1.29, 1.82) is 0 Å². The van der Waals surface area contributed by atoms with Crippen molar-refractivity contribution >= 4 is 27.7 Å². The predicted molar refractivity (Wildman–Crippen MR) is 65.2 cm³/mol. The zero-order chi connectivity index (χ0) is 12.0. The van der Waals surface area contributed by atoms with Gasteiger partial charge in [0, 0.05) is 30.0 Å². The molecule has 0 saturated carbocycles. The zero-order valence-electron chi connectivity index (χ0n) is 8.92. The summed E-state index contributed by atoms with van der Waals surface area (Å²) in [4.78, 5) is 22.5. The summed E-state index contributed by atoms with van der Waals surface area (Å²) >= 11 is 3.29. The molecule has 0 aliphatic heterocycles. The highest BCUT2D eigenvalue weighted by molar-refractivity contribution is 9.10. The second kappa shape index (κ2) is 6.27. The molecule has 1 aromatic carbocycles. The molecule has 0 heterocycles. The van der Waals surface area contributed by atoms with Crippen molar-refractivity contribution in [2.75, 3.05) is 13.6 Å². The minimum Gasteiger partial charge on any atom is -0.359 e. The molecule has 2 N–H and O–H groups in total. The van der Waals surface area contributed by atoms with E-state index in [0.717, 1.165) is 4.47 Å². The third kappa shape index (κ3) is 4.02. The lowest BCUT2D eigenvalue weighted by Crippen LogP contribution is -2.29. The van der Waals surface area contributed by atoms with Crippen molar-refractivity contribution in [3.8, 4) is 0 Å². The SMILES string of the molecule is CNC(=O)CCNC(=O)c1cccc(Br)c1. The van der Waals surface area contributed by atoms with Gasteiger partial charge in [-0.1, -0.05) is 22.0 Å². The van der Waals surface area contributed by atoms with E-state index in [1.165, 1.54) is 0 Å². The molecule has 0 unspecified atom stereocenters. The molecule has 0 atom stereocenters. The highest BCUT2D eigenvalue weighted by Crippen LogP contribution is 2.11. The maximum absolute atomic E-state index is 11.6. The molecule has 4 nitrogen and oxygen atoms in total. The second-order valence-corrected chi connectivity index (χ2v) is 4.11. The Balaban J connectivity index is 2.44. The van der Waals surface area contributed by atoms with Gasteiger partial charge in [-0.3, -0.25) is 9.59 Å². The van der Waals surface area contributed by atoms with Crippen molar-refractivity contribution in [3.63, 3.8) is 0 Å². The quantitative estimate of drug-likeness (QED) is 0.876. The Morgan fingerprint density at radius 2 is 2.12 bits per heavy atom. The van der Waals surface area contributed by atoms with Crippen LogP contribution in [0.1, 0.15) is 16.8 Å². The molecule has 0 aromatic heterocycles. The number of nitrogens with one attached hydrogen (secondary N) is 2. The van der Waals surface area contributed by atoms with E-state index in [1.807, 2.05) is 6.07 Å². The predicted octanol–water partition coefficient (Wildman–Crippen LogP) is 1.31. The van der Waals surface area contributed by atoms with Crippen molar-refractivity contribution in [1.82, 2.24) is 10.6 Å². The first-order chi connectivity index (χ1) is 7.63. The second-order valence-electron chi connectivity index (χ2n) is 3.19. The van der Waals surface area contributed by atoms with Gasteiger partial charge in [0.2, 0.25) is 5.91 Å². The van der Waals surface area contributed by atoms with Gasteiger partial charge in [-0.2, -0.15) is 0 Å². The summed E-state index contributed by atoms with van der Waals surface area (Å²) in [5, 5.41) is 5.16. The summed E-state index contributed by atoms with van der Waals surface area (Å²) in [6.07, 6.45) is 0.288. The third-order valence-electron chi connectivity index (χ3n) is 2.00. The van der Waals surface area contributed by atoms with E-state index >= 15 is 0 Å². The smallest absolute Gasteiger partial charge is 0.251 e. The molecular formula is C11H13BrN2O2. The molecule has 2 amide bonds. The number of halogens is 1. The lowest BCUT2D eigenvalue weighted by Gasteiger charge is -2.04. The summed E-state index contributed by atoms with van der Waals surface area (Å²) < 4.78 is 0.853. The molecule has 0 bridgehead atoms. The van der Waals surface area contributed by atoms with Gasteiger partial charge in [0.1, 0.15) is 0 Å². The summed E-state index contributed by atoms with van der Waals surface area (Å²) in [6, 6.07) is 7.09. The molecule has 0 aliphatic carbocycles. The van der Waals surface area contributed by atoms with E-state index in [2.05, 4.69) is 26.6 Å². The highest BCUT2D eigenvalue weighted by atomic mass is 79.9. The van der Waals surface area contributed by atoms with Crippen LogP contribution in [-0.2, 0) is 4.79 Å². The van der Waals surface area contributed by atoms with Crippen molar-refractivity contribution in [3.05, 3.63) is 34.3 Å². The van der Waals surface area contributed by atoms with Crippen molar-refractivity contribution < 1.29 is 9.59 Å². The number of amides is 2. The van der Waals surface area contributed by atoms with Crippen LogP contribution in [0.5, 0.6) is 0 Å². The highest BCUT2D eigenvalue weighted by Gasteiger charge is 2.05. The number of hydrogen-bond donors (Lipinski definition) is 2. The molecule has 0 radical (unpaired) electrons. The molecule has 0 spiro atoms. The minimum absolute atomic E-state index is 0.0884. The van der Waals surface area contributed by atoms with Crippen LogP contribution in [-0.4, -0.2) is 25.4 Å². The molecule has 86 valence electrons. The van der Waals surface area contributed by atoms with E-state index in [0.29, 0.717) is 12.1 Å². The lowest BCUT2D eigenvalue weighted by atomic mass is 10.2. The maximum Gasteiger partial charge on any atom is 0.251 e. The van der Waals surface area contributed by atoms with Crippen LogP contribution in [0.15, 0.2) is 28.7 Å². The maximum atomic E-state index is 11.6. The molecule has 0 aliphatic rings. The fraction of sp³-hybridized carbons (Fsp3) is 0.273. The van der Waals surface area contributed by atoms with Gasteiger partial charge in [-0.25, -0.2) is 0 Å². The van der Waals surface area contributed by atoms with Gasteiger partial charge < -0.3 is 10.6 Å². The topological polar surface area (TPSA) is 58.2 Å². The van der Waals surface area contributed by atoms with Crippen LogP contribution in [0.3, 0.4) is 0 Å². The lowest BCUT2D eigenvalue weighted by molar-refractivity contribution is -0.120. The van der Waals surface area contributed by atoms with E-state index in [-0.39, 0.29) is 18.2 Å². The minimum atomic E-state index is -0.176. The standard InChI is InChI=1S/C11H13BrN2O2/c1-13-10(15)5-6-14-11(16)8-3-2-4-9(12)7-8/h2-4,7H,5-6H2,1H3,(H,13,15)(H,14,16). The van der Waals surface area contributed by atoms with Crippen LogP contribution >= 0.6 is 15.9 Å². The van der Waals surface area contributed by atoms with Gasteiger partial charge in [-0.05, 0) is 18.2 Å². The number of carbonyl (C=O) groups is 2. The van der Waals surface area contributed by atoms with Gasteiger partial charge >= 0.3 is 0 Å². The van der Waals surface area contributed by atoms with Crippen LogP contribution in [0.4, 0.5) is 0 Å². The first kappa shape index (κ1) is 12.7. The Morgan fingerprint density at radius 3 is 2.75 bits per heavy atom. The summed E-state index contributed by atoms with van der Waals surface area (Å²) in [5.41, 5.74) is 0.575. The van der Waals surface area contributed by atoms with Crippen LogP contribution in [0.2, 0.25) is 0 Å². The molecule has 5 heteroatoms. The summed E-state index contributed by atoms with van der Waals surface area (Å²) in [5.74, 6) is -0.264. The van der Waals surface area contributed by atoms with Gasteiger partial charge in [0.15, 0.2) is 0 Å². The van der Waals surface area contributed by atoms with Crippen molar-refractivity contribution in [2.24, 2.45) is 0 Å². The van der Waals surface area contributed by atoms with E-state index < -0.39 is 0 Å². The fourth-order valence-corrected chi connectivity index (χ4v) is 1.55. The molecule has 0 fully saturated rings. The molecular weight excluding hydrogens is 272 g/mol. The third-order valence-corrected chi connectivity index (χ3v) is 2.50. The first-order valence-electron chi connectivity index (χ1n) is 4.88. The van der Waals surface area contributed by atoms with Crippen LogP contribution < -0.4 is 10.6 Å². The van der Waals surface area contributed by atoms with Crippen LogP contribution in [0, 0.1) is 0 Å². The fourth-order valence-electron chi connectivity index (χ4n) is 1.15. The van der Waals surface area contributed by atoms with Gasteiger partial charge in [0.25, 0.3) is 5.91 Å². The average molecular weight is 285 g/mol. The number of rotatable bonds is 4. The van der Waals surface area contributed by atoms with E-state index in [1.54, 1.807) is 25.2 Å². The largest absolute Gasteiger partial charge is 0.359 e. The summed E-state index contributed by atoms with van der Waals surface area (Å²) in [6.45, 7) is 0.338. The zero-order valence-corrected chi connectivity index (χ0v) is 10.5. The normalized spacial score (nSPS) is 9.62. The Labute approximate surface area is 103 Å². The van der Waals surface area contributed by atoms with Gasteiger partial charge in [-0.15, -0.1) is 0 Å². The molecule has 16 heavy (non-hydrogen) atoms. The Bertz CT molecular complexity index is 393. The average Bonchev–Trinajstić information content (AvgIpc) is 2.28. The number of carbonyl (C=O) groups excluding carboxylic acids is 2. The van der Waals surface area contributed by atoms with Crippen LogP contribution in [0.25, 0.3) is 0 Å². The van der Waals surface area contributed by atoms with Gasteiger partial charge in [0.05, 0.1) is 0 Å². The molecule has 1 rings (SSSR count). The molecule has 1 aromatic rings. The monoisotopic (exact) mass is 284 g/mol. The Hall–Kier alpha value is -1.36. The number of benzene rings is 1. The van der Waals surface area contributed by atoms with E-state index in [4.69, 9.17) is 0 Å². The Morgan fingerprint density at radius 1 is 1.38 bits per heavy atom. The Kier molecular flexibility index (Phi) is 4.98. The first-order valence-corrected chi connectivity index (χ1v) is 5.67. The van der Waals surface area contributed by atoms with E-state index in [9.17, 15) is 9.59 Å². The summed E-state index contributed by atoms with van der Waals surface area (Å²) in [7, 11) is 1.57. The number of hydrogen-bond acceptors (Lipinski definition) is 2.